The summed E-state index contributed by atoms with van der Waals surface area (Å²) in [5.74, 6) is 2.48. The Morgan fingerprint density at radius 3 is 2.12 bits per heavy atom. The topological polar surface area (TPSA) is 3.24 Å². The standard InChI is InChI=1S/C14H31NS/c1-6-8-9-15(13(5)7-2)10-14(11-16)12(3)4/h12-14,16H,6-11H2,1-5H3. The van der Waals surface area contributed by atoms with E-state index in [0.29, 0.717) is 6.04 Å². The summed E-state index contributed by atoms with van der Waals surface area (Å²) in [6, 6.07) is 0.715. The van der Waals surface area contributed by atoms with Gasteiger partial charge in [-0.2, -0.15) is 12.6 Å². The SMILES string of the molecule is CCCCN(CC(CS)C(C)C)C(C)CC. The minimum absolute atomic E-state index is 0.715. The molecule has 0 amide bonds. The molecule has 0 aromatic heterocycles. The van der Waals surface area contributed by atoms with E-state index in [2.05, 4.69) is 52.1 Å². The molecular weight excluding hydrogens is 214 g/mol. The summed E-state index contributed by atoms with van der Waals surface area (Å²) in [6.07, 6.45) is 3.86. The molecule has 98 valence electrons. The fraction of sp³-hybridized carbons (Fsp3) is 1.00. The first-order chi connectivity index (χ1) is 7.56. The predicted molar refractivity (Wildman–Crippen MR) is 78.4 cm³/mol. The van der Waals surface area contributed by atoms with Crippen molar-refractivity contribution in [3.63, 3.8) is 0 Å². The van der Waals surface area contributed by atoms with Gasteiger partial charge in [0.2, 0.25) is 0 Å². The second-order valence-corrected chi connectivity index (χ2v) is 5.66. The number of hydrogen-bond donors (Lipinski definition) is 1. The Morgan fingerprint density at radius 2 is 1.75 bits per heavy atom. The summed E-state index contributed by atoms with van der Waals surface area (Å²) in [7, 11) is 0. The number of rotatable bonds is 9. The highest BCUT2D eigenvalue weighted by molar-refractivity contribution is 7.80. The van der Waals surface area contributed by atoms with E-state index in [1.54, 1.807) is 0 Å². The van der Waals surface area contributed by atoms with E-state index < -0.39 is 0 Å². The monoisotopic (exact) mass is 245 g/mol. The van der Waals surface area contributed by atoms with E-state index in [1.165, 1.54) is 32.4 Å². The van der Waals surface area contributed by atoms with Crippen LogP contribution in [0.3, 0.4) is 0 Å². The Bertz CT molecular complexity index is 159. The van der Waals surface area contributed by atoms with E-state index in [4.69, 9.17) is 0 Å². The smallest absolute Gasteiger partial charge is 0.00644 e. The van der Waals surface area contributed by atoms with Crippen molar-refractivity contribution in [1.82, 2.24) is 4.90 Å². The zero-order valence-electron chi connectivity index (χ0n) is 11.9. The summed E-state index contributed by atoms with van der Waals surface area (Å²) in [6.45, 7) is 14.0. The van der Waals surface area contributed by atoms with Crippen molar-refractivity contribution < 1.29 is 0 Å². The van der Waals surface area contributed by atoms with Crippen LogP contribution in [0.1, 0.15) is 53.9 Å². The van der Waals surface area contributed by atoms with Gasteiger partial charge < -0.3 is 4.90 Å². The van der Waals surface area contributed by atoms with Gasteiger partial charge in [0.25, 0.3) is 0 Å². The third kappa shape index (κ3) is 6.15. The largest absolute Gasteiger partial charge is 0.300 e. The van der Waals surface area contributed by atoms with Crippen LogP contribution in [-0.2, 0) is 0 Å². The Kier molecular flexibility index (Phi) is 9.53. The quantitative estimate of drug-likeness (QED) is 0.599. The lowest BCUT2D eigenvalue weighted by Gasteiger charge is -2.33. The molecule has 0 saturated heterocycles. The Morgan fingerprint density at radius 1 is 1.12 bits per heavy atom. The summed E-state index contributed by atoms with van der Waals surface area (Å²) < 4.78 is 0. The molecule has 0 aliphatic heterocycles. The lowest BCUT2D eigenvalue weighted by atomic mass is 9.96. The number of thiol groups is 1. The first-order valence-electron chi connectivity index (χ1n) is 6.91. The third-order valence-electron chi connectivity index (χ3n) is 3.66. The third-order valence-corrected chi connectivity index (χ3v) is 4.13. The van der Waals surface area contributed by atoms with Crippen molar-refractivity contribution in [1.29, 1.82) is 0 Å². The molecule has 0 fully saturated rings. The molecule has 1 nitrogen and oxygen atoms in total. The van der Waals surface area contributed by atoms with Crippen molar-refractivity contribution in [2.24, 2.45) is 11.8 Å². The summed E-state index contributed by atoms with van der Waals surface area (Å²) in [5, 5.41) is 0. The van der Waals surface area contributed by atoms with Crippen LogP contribution in [-0.4, -0.2) is 29.8 Å². The molecule has 16 heavy (non-hydrogen) atoms. The highest BCUT2D eigenvalue weighted by atomic mass is 32.1. The number of nitrogens with zero attached hydrogens (tertiary/aromatic N) is 1. The number of hydrogen-bond acceptors (Lipinski definition) is 2. The second-order valence-electron chi connectivity index (χ2n) is 5.29. The Balaban J connectivity index is 4.27. The van der Waals surface area contributed by atoms with Gasteiger partial charge in [0.05, 0.1) is 0 Å². The molecule has 0 heterocycles. The van der Waals surface area contributed by atoms with Gasteiger partial charge >= 0.3 is 0 Å². The van der Waals surface area contributed by atoms with Crippen LogP contribution in [0.2, 0.25) is 0 Å². The van der Waals surface area contributed by atoms with Gasteiger partial charge in [0, 0.05) is 12.6 Å². The minimum atomic E-state index is 0.715. The highest BCUT2D eigenvalue weighted by Crippen LogP contribution is 2.17. The van der Waals surface area contributed by atoms with Gasteiger partial charge in [-0.1, -0.05) is 34.1 Å². The van der Waals surface area contributed by atoms with Crippen LogP contribution in [0, 0.1) is 11.8 Å². The van der Waals surface area contributed by atoms with E-state index >= 15 is 0 Å². The predicted octanol–water partition coefficient (Wildman–Crippen LogP) is 4.09. The van der Waals surface area contributed by atoms with Crippen molar-refractivity contribution in [3.8, 4) is 0 Å². The molecule has 0 aliphatic carbocycles. The van der Waals surface area contributed by atoms with Gasteiger partial charge in [-0.05, 0) is 43.9 Å². The Hall–Kier alpha value is 0.310. The van der Waals surface area contributed by atoms with Crippen LogP contribution in [0.5, 0.6) is 0 Å². The lowest BCUT2D eigenvalue weighted by molar-refractivity contribution is 0.160. The van der Waals surface area contributed by atoms with Crippen LogP contribution < -0.4 is 0 Å². The van der Waals surface area contributed by atoms with Crippen LogP contribution in [0.15, 0.2) is 0 Å². The molecule has 0 aromatic carbocycles. The van der Waals surface area contributed by atoms with E-state index in [0.717, 1.165) is 17.6 Å². The molecule has 0 aliphatic rings. The second kappa shape index (κ2) is 9.35. The van der Waals surface area contributed by atoms with Crippen molar-refractivity contribution >= 4 is 12.6 Å². The normalized spacial score (nSPS) is 15.8. The zero-order valence-corrected chi connectivity index (χ0v) is 12.8. The molecular formula is C14H31NS. The summed E-state index contributed by atoms with van der Waals surface area (Å²) in [4.78, 5) is 2.66. The van der Waals surface area contributed by atoms with Gasteiger partial charge in [-0.15, -0.1) is 0 Å². The first-order valence-corrected chi connectivity index (χ1v) is 7.54. The van der Waals surface area contributed by atoms with Crippen molar-refractivity contribution in [2.45, 2.75) is 59.9 Å². The van der Waals surface area contributed by atoms with Gasteiger partial charge in [-0.25, -0.2) is 0 Å². The van der Waals surface area contributed by atoms with Crippen LogP contribution in [0.25, 0.3) is 0 Å². The molecule has 0 saturated carbocycles. The average molecular weight is 245 g/mol. The zero-order chi connectivity index (χ0) is 12.6. The molecule has 0 spiro atoms. The van der Waals surface area contributed by atoms with E-state index in [9.17, 15) is 0 Å². The molecule has 0 N–H and O–H groups in total. The van der Waals surface area contributed by atoms with Crippen molar-refractivity contribution in [3.05, 3.63) is 0 Å². The van der Waals surface area contributed by atoms with Crippen LogP contribution in [0.4, 0.5) is 0 Å². The van der Waals surface area contributed by atoms with Gasteiger partial charge in [-0.3, -0.25) is 0 Å². The maximum Gasteiger partial charge on any atom is 0.00644 e. The molecule has 2 heteroatoms. The molecule has 0 bridgehead atoms. The van der Waals surface area contributed by atoms with Gasteiger partial charge in [0.1, 0.15) is 0 Å². The number of unbranched alkanes of at least 4 members (excludes halogenated alkanes) is 1. The molecule has 0 radical (unpaired) electrons. The first kappa shape index (κ1) is 16.3. The molecule has 2 atom stereocenters. The molecule has 0 rings (SSSR count). The highest BCUT2D eigenvalue weighted by Gasteiger charge is 2.19. The Labute approximate surface area is 108 Å². The fourth-order valence-corrected chi connectivity index (χ4v) is 2.43. The van der Waals surface area contributed by atoms with Crippen molar-refractivity contribution in [2.75, 3.05) is 18.8 Å². The molecule has 0 aromatic rings. The maximum atomic E-state index is 4.49. The van der Waals surface area contributed by atoms with Crippen LogP contribution >= 0.6 is 12.6 Å². The molecule has 2 unspecified atom stereocenters. The average Bonchev–Trinajstić information content (AvgIpc) is 2.28. The van der Waals surface area contributed by atoms with Gasteiger partial charge in [0.15, 0.2) is 0 Å². The maximum absolute atomic E-state index is 4.49. The summed E-state index contributed by atoms with van der Waals surface area (Å²) in [5.41, 5.74) is 0. The lowest BCUT2D eigenvalue weighted by Crippen LogP contribution is -2.39. The van der Waals surface area contributed by atoms with E-state index in [-0.39, 0.29) is 0 Å². The summed E-state index contributed by atoms with van der Waals surface area (Å²) >= 11 is 4.49. The van der Waals surface area contributed by atoms with E-state index in [1.807, 2.05) is 0 Å². The minimum Gasteiger partial charge on any atom is -0.300 e. The fourth-order valence-electron chi connectivity index (χ4n) is 1.89.